The number of rotatable bonds is 7. The molecule has 5 heteroatoms. The molecule has 24 heavy (non-hydrogen) atoms. The molecule has 128 valence electrons. The van der Waals surface area contributed by atoms with Crippen LogP contribution in [0, 0.1) is 13.8 Å². The third-order valence-corrected chi connectivity index (χ3v) is 5.18. The molecule has 0 spiro atoms. The van der Waals surface area contributed by atoms with E-state index in [0.29, 0.717) is 13.0 Å². The van der Waals surface area contributed by atoms with Crippen molar-refractivity contribution in [2.75, 3.05) is 19.4 Å². The van der Waals surface area contributed by atoms with Gasteiger partial charge in [0.05, 0.1) is 17.9 Å². The van der Waals surface area contributed by atoms with Crippen LogP contribution in [0.15, 0.2) is 47.4 Å². The summed E-state index contributed by atoms with van der Waals surface area (Å²) in [5, 5.41) is 2.83. The van der Waals surface area contributed by atoms with E-state index in [2.05, 4.69) is 5.32 Å². The van der Waals surface area contributed by atoms with E-state index in [9.17, 15) is 9.00 Å². The Hall–Kier alpha value is -2.14. The van der Waals surface area contributed by atoms with E-state index in [4.69, 9.17) is 4.74 Å². The van der Waals surface area contributed by atoms with E-state index >= 15 is 0 Å². The summed E-state index contributed by atoms with van der Waals surface area (Å²) in [6.07, 6.45) is 0.707. The summed E-state index contributed by atoms with van der Waals surface area (Å²) in [6, 6.07) is 13.5. The number of aryl methyl sites for hydroxylation is 2. The number of carbonyl (C=O) groups excluding carboxylic acids is 1. The molecule has 0 unspecified atom stereocenters. The number of ether oxygens (including phenoxy) is 1. The van der Waals surface area contributed by atoms with Gasteiger partial charge in [0, 0.05) is 11.4 Å². The third kappa shape index (κ3) is 5.20. The number of methoxy groups -OCH3 is 1. The monoisotopic (exact) mass is 345 g/mol. The van der Waals surface area contributed by atoms with Crippen LogP contribution in [0.4, 0.5) is 0 Å². The maximum atomic E-state index is 12.4. The quantitative estimate of drug-likeness (QED) is 0.839. The molecule has 1 N–H and O–H groups in total. The van der Waals surface area contributed by atoms with Gasteiger partial charge in [-0.1, -0.05) is 24.3 Å². The molecule has 0 aliphatic heterocycles. The number of benzene rings is 2. The summed E-state index contributed by atoms with van der Waals surface area (Å²) in [6.45, 7) is 4.37. The van der Waals surface area contributed by atoms with Crippen molar-refractivity contribution in [1.82, 2.24) is 5.32 Å². The molecular formula is C19H23NO3S. The number of nitrogens with one attached hydrogen (secondary N) is 1. The van der Waals surface area contributed by atoms with Crippen molar-refractivity contribution < 1.29 is 13.7 Å². The molecule has 2 aromatic carbocycles. The predicted octanol–water partition coefficient (Wildman–Crippen LogP) is 2.78. The Morgan fingerprint density at radius 1 is 1.17 bits per heavy atom. The Labute approximate surface area is 145 Å². The van der Waals surface area contributed by atoms with E-state index in [1.807, 2.05) is 56.3 Å². The average molecular weight is 345 g/mol. The second-order valence-electron chi connectivity index (χ2n) is 5.71. The van der Waals surface area contributed by atoms with Crippen LogP contribution in [0.2, 0.25) is 0 Å². The second-order valence-corrected chi connectivity index (χ2v) is 7.13. The van der Waals surface area contributed by atoms with Gasteiger partial charge in [-0.25, -0.2) is 0 Å². The van der Waals surface area contributed by atoms with Crippen molar-refractivity contribution in [3.05, 3.63) is 59.2 Å². The molecule has 0 fully saturated rings. The first-order chi connectivity index (χ1) is 11.5. The van der Waals surface area contributed by atoms with Crippen molar-refractivity contribution in [1.29, 1.82) is 0 Å². The molecule has 1 amide bonds. The predicted molar refractivity (Wildman–Crippen MR) is 96.9 cm³/mol. The first-order valence-electron chi connectivity index (χ1n) is 7.85. The number of hydrogen-bond donors (Lipinski definition) is 1. The molecular weight excluding hydrogens is 322 g/mol. The highest BCUT2D eigenvalue weighted by Gasteiger charge is 2.12. The van der Waals surface area contributed by atoms with E-state index in [0.717, 1.165) is 27.3 Å². The van der Waals surface area contributed by atoms with Gasteiger partial charge in [0.1, 0.15) is 11.5 Å². The van der Waals surface area contributed by atoms with E-state index in [1.165, 1.54) is 0 Å². The van der Waals surface area contributed by atoms with Gasteiger partial charge >= 0.3 is 0 Å². The topological polar surface area (TPSA) is 55.4 Å². The lowest BCUT2D eigenvalue weighted by Gasteiger charge is -2.09. The highest BCUT2D eigenvalue weighted by molar-refractivity contribution is 7.85. The van der Waals surface area contributed by atoms with Crippen molar-refractivity contribution in [2.45, 2.75) is 25.2 Å². The van der Waals surface area contributed by atoms with Gasteiger partial charge in [0.2, 0.25) is 5.91 Å². The number of amides is 1. The minimum Gasteiger partial charge on any atom is -0.497 e. The van der Waals surface area contributed by atoms with Gasteiger partial charge in [-0.3, -0.25) is 9.00 Å². The Morgan fingerprint density at radius 3 is 2.71 bits per heavy atom. The zero-order chi connectivity index (χ0) is 17.5. The van der Waals surface area contributed by atoms with Gasteiger partial charge in [-0.15, -0.1) is 0 Å². The molecule has 0 saturated heterocycles. The van der Waals surface area contributed by atoms with E-state index in [-0.39, 0.29) is 11.7 Å². The molecule has 0 aliphatic rings. The third-order valence-electron chi connectivity index (χ3n) is 3.72. The van der Waals surface area contributed by atoms with Crippen LogP contribution in [0.5, 0.6) is 5.75 Å². The van der Waals surface area contributed by atoms with Crippen LogP contribution in [0.3, 0.4) is 0 Å². The first-order valence-corrected chi connectivity index (χ1v) is 9.16. The molecule has 0 radical (unpaired) electrons. The molecule has 1 atom stereocenters. The largest absolute Gasteiger partial charge is 0.497 e. The summed E-state index contributed by atoms with van der Waals surface area (Å²) < 4.78 is 17.6. The molecule has 2 rings (SSSR count). The lowest BCUT2D eigenvalue weighted by Crippen LogP contribution is -2.30. The first kappa shape index (κ1) is 18.2. The van der Waals surface area contributed by atoms with E-state index < -0.39 is 10.8 Å². The molecule has 4 nitrogen and oxygen atoms in total. The highest BCUT2D eigenvalue weighted by atomic mass is 32.2. The van der Waals surface area contributed by atoms with Crippen LogP contribution in [0.25, 0.3) is 0 Å². The van der Waals surface area contributed by atoms with Crippen LogP contribution in [-0.2, 0) is 22.0 Å². The van der Waals surface area contributed by atoms with Crippen LogP contribution in [0.1, 0.15) is 16.7 Å². The Bertz CT molecular complexity index is 743. The SMILES string of the molecule is COc1cccc(CCNC(=O)C[S@@](=O)c2cc(C)ccc2C)c1. The normalized spacial score (nSPS) is 11.8. The van der Waals surface area contributed by atoms with Crippen molar-refractivity contribution in [3.63, 3.8) is 0 Å². The van der Waals surface area contributed by atoms with Gasteiger partial charge in [-0.2, -0.15) is 0 Å². The molecule has 0 heterocycles. The van der Waals surface area contributed by atoms with Crippen molar-refractivity contribution in [2.24, 2.45) is 0 Å². The zero-order valence-electron chi connectivity index (χ0n) is 14.3. The minimum absolute atomic E-state index is 0.0115. The molecule has 0 saturated carbocycles. The van der Waals surface area contributed by atoms with Crippen LogP contribution in [-0.4, -0.2) is 29.5 Å². The lowest BCUT2D eigenvalue weighted by atomic mass is 10.1. The van der Waals surface area contributed by atoms with Crippen molar-refractivity contribution >= 4 is 16.7 Å². The zero-order valence-corrected chi connectivity index (χ0v) is 15.1. The number of hydrogen-bond acceptors (Lipinski definition) is 3. The van der Waals surface area contributed by atoms with E-state index in [1.54, 1.807) is 7.11 Å². The average Bonchev–Trinajstić information content (AvgIpc) is 2.57. The Kier molecular flexibility index (Phi) is 6.55. The standard InChI is InChI=1S/C19H23NO3S/c1-14-7-8-15(2)18(11-14)24(22)13-19(21)20-10-9-16-5-4-6-17(12-16)23-3/h4-8,11-12H,9-10,13H2,1-3H3,(H,20,21)/t24-/m1/s1. The number of carbonyl (C=O) groups is 1. The fourth-order valence-corrected chi connectivity index (χ4v) is 3.61. The maximum absolute atomic E-state index is 12.4. The van der Waals surface area contributed by atoms with Crippen LogP contribution >= 0.6 is 0 Å². The minimum atomic E-state index is -1.32. The van der Waals surface area contributed by atoms with Crippen LogP contribution < -0.4 is 10.1 Å². The molecule has 0 aliphatic carbocycles. The fourth-order valence-electron chi connectivity index (χ4n) is 2.37. The van der Waals surface area contributed by atoms with Gasteiger partial charge in [-0.05, 0) is 55.2 Å². The highest BCUT2D eigenvalue weighted by Crippen LogP contribution is 2.15. The summed E-state index contributed by atoms with van der Waals surface area (Å²) in [4.78, 5) is 12.7. The van der Waals surface area contributed by atoms with Crippen molar-refractivity contribution in [3.8, 4) is 5.75 Å². The lowest BCUT2D eigenvalue weighted by molar-refractivity contribution is -0.118. The maximum Gasteiger partial charge on any atom is 0.233 e. The Morgan fingerprint density at radius 2 is 1.96 bits per heavy atom. The molecule has 0 aromatic heterocycles. The van der Waals surface area contributed by atoms with Gasteiger partial charge < -0.3 is 10.1 Å². The van der Waals surface area contributed by atoms with Gasteiger partial charge in [0.25, 0.3) is 0 Å². The summed E-state index contributed by atoms with van der Waals surface area (Å²) in [5.41, 5.74) is 3.08. The second kappa shape index (κ2) is 8.64. The van der Waals surface area contributed by atoms with Gasteiger partial charge in [0.15, 0.2) is 0 Å². The summed E-state index contributed by atoms with van der Waals surface area (Å²) >= 11 is 0. The Balaban J connectivity index is 1.84. The summed E-state index contributed by atoms with van der Waals surface area (Å²) in [5.74, 6) is 0.592. The molecule has 2 aromatic rings. The fraction of sp³-hybridized carbons (Fsp3) is 0.316. The smallest absolute Gasteiger partial charge is 0.233 e. The molecule has 0 bridgehead atoms. The summed E-state index contributed by atoms with van der Waals surface area (Å²) in [7, 11) is 0.308.